The van der Waals surface area contributed by atoms with E-state index >= 15 is 0 Å². The molecule has 8 nitrogen and oxygen atoms in total. The minimum absolute atomic E-state index is 0.0617. The molecular weight excluding hydrogens is 473 g/mol. The molecule has 0 aromatic heterocycles. The number of rotatable bonds is 7. The van der Waals surface area contributed by atoms with Crippen LogP contribution in [0.3, 0.4) is 0 Å². The summed E-state index contributed by atoms with van der Waals surface area (Å²) in [6, 6.07) is 3.90. The molecule has 2 unspecified atom stereocenters. The highest BCUT2D eigenvalue weighted by molar-refractivity contribution is 7.90. The Morgan fingerprint density at radius 1 is 1.31 bits per heavy atom. The fraction of sp³-hybridized carbons (Fsp3) is 0.520. The molecule has 1 aromatic carbocycles. The molecule has 2 bridgehead atoms. The molecule has 0 spiro atoms. The number of hydrogen-bond donors (Lipinski definition) is 1. The lowest BCUT2D eigenvalue weighted by atomic mass is 9.92. The van der Waals surface area contributed by atoms with Crippen molar-refractivity contribution in [2.45, 2.75) is 68.0 Å². The largest absolute Gasteiger partial charge is 0.465 e. The zero-order valence-corrected chi connectivity index (χ0v) is 20.9. The van der Waals surface area contributed by atoms with Crippen LogP contribution in [0.5, 0.6) is 0 Å². The van der Waals surface area contributed by atoms with Crippen LogP contribution in [0.1, 0.15) is 51.0 Å². The van der Waals surface area contributed by atoms with Gasteiger partial charge in [0.05, 0.1) is 11.5 Å². The van der Waals surface area contributed by atoms with E-state index in [4.69, 9.17) is 15.2 Å². The van der Waals surface area contributed by atoms with Crippen LogP contribution in [0.15, 0.2) is 46.9 Å². The summed E-state index contributed by atoms with van der Waals surface area (Å²) >= 11 is 0. The van der Waals surface area contributed by atoms with E-state index in [0.29, 0.717) is 12.2 Å². The Morgan fingerprint density at radius 3 is 2.51 bits per heavy atom. The second kappa shape index (κ2) is 9.64. The van der Waals surface area contributed by atoms with Crippen LogP contribution in [0, 0.1) is 11.7 Å². The summed E-state index contributed by atoms with van der Waals surface area (Å²) in [6.45, 7) is 6.02. The van der Waals surface area contributed by atoms with E-state index in [1.54, 1.807) is 0 Å². The van der Waals surface area contributed by atoms with Crippen LogP contribution >= 0.6 is 0 Å². The molecule has 1 saturated carbocycles. The monoisotopic (exact) mass is 505 g/mol. The summed E-state index contributed by atoms with van der Waals surface area (Å²) < 4.78 is 49.1. The molecule has 4 rings (SSSR count). The third-order valence-corrected chi connectivity index (χ3v) is 8.14. The maximum atomic E-state index is 14.5. The van der Waals surface area contributed by atoms with Crippen molar-refractivity contribution in [2.24, 2.45) is 16.6 Å². The SMILES string of the molecule is C=C/C(=C\N=C(/N)OCC1CC2CCC(C1)N2C(=O)OC1(C)CC1)c1ccc(S(C)(=O)=O)cc1F. The topological polar surface area (TPSA) is 111 Å². The molecule has 3 fully saturated rings. The summed E-state index contributed by atoms with van der Waals surface area (Å²) in [5.41, 5.74) is 6.13. The minimum atomic E-state index is -3.52. The van der Waals surface area contributed by atoms with Gasteiger partial charge in [-0.2, -0.15) is 0 Å². The summed E-state index contributed by atoms with van der Waals surface area (Å²) in [6.07, 6.45) is 8.99. The number of benzene rings is 1. The molecule has 0 radical (unpaired) electrons. The van der Waals surface area contributed by atoms with Gasteiger partial charge in [0.1, 0.15) is 11.4 Å². The van der Waals surface area contributed by atoms with Gasteiger partial charge in [0.25, 0.3) is 6.02 Å². The van der Waals surface area contributed by atoms with Crippen LogP contribution < -0.4 is 5.73 Å². The second-order valence-electron chi connectivity index (χ2n) is 9.93. The number of ether oxygens (including phenoxy) is 2. The molecule has 35 heavy (non-hydrogen) atoms. The van der Waals surface area contributed by atoms with E-state index in [1.165, 1.54) is 24.4 Å². The Hall–Kier alpha value is -2.88. The van der Waals surface area contributed by atoms with Gasteiger partial charge in [0.15, 0.2) is 9.84 Å². The average molecular weight is 506 g/mol. The number of carbonyl (C=O) groups is 1. The van der Waals surface area contributed by atoms with Gasteiger partial charge in [-0.1, -0.05) is 18.7 Å². The van der Waals surface area contributed by atoms with Gasteiger partial charge in [-0.25, -0.2) is 22.6 Å². The molecule has 3 aliphatic rings. The molecule has 1 aromatic rings. The molecule has 2 N–H and O–H groups in total. The standard InChI is InChI=1S/C25H32FN3O5S/c1-4-17(21-8-7-20(13-22(21)26)35(3,31)32)14-28-23(27)33-15-16-11-18-5-6-19(12-16)29(18)24(30)34-25(2)9-10-25/h4,7-8,13-14,16,18-19H,1,5-6,9-12,15H2,2-3H3,(H2,27,28)/b17-14+. The lowest BCUT2D eigenvalue weighted by Crippen LogP contribution is -2.48. The first-order valence-electron chi connectivity index (χ1n) is 11.8. The van der Waals surface area contributed by atoms with Crippen LogP contribution in [-0.2, 0) is 19.3 Å². The summed E-state index contributed by atoms with van der Waals surface area (Å²) in [5.74, 6) is -0.462. The number of piperidine rings is 1. The Balaban J connectivity index is 1.34. The molecule has 2 aliphatic heterocycles. The second-order valence-corrected chi connectivity index (χ2v) is 11.9. The Kier molecular flexibility index (Phi) is 6.95. The average Bonchev–Trinajstić information content (AvgIpc) is 3.45. The van der Waals surface area contributed by atoms with E-state index in [0.717, 1.165) is 50.8 Å². The Bertz CT molecular complexity index is 1160. The van der Waals surface area contributed by atoms with Gasteiger partial charge in [0, 0.05) is 35.7 Å². The summed E-state index contributed by atoms with van der Waals surface area (Å²) in [5, 5.41) is 0. The number of halogens is 1. The Labute approximate surface area is 205 Å². The van der Waals surface area contributed by atoms with Gasteiger partial charge < -0.3 is 20.1 Å². The molecular formula is C25H32FN3O5S. The van der Waals surface area contributed by atoms with E-state index in [-0.39, 0.29) is 46.2 Å². The van der Waals surface area contributed by atoms with Crippen LogP contribution in [0.25, 0.3) is 5.57 Å². The zero-order valence-electron chi connectivity index (χ0n) is 20.1. The maximum absolute atomic E-state index is 14.5. The third kappa shape index (κ3) is 5.86. The lowest BCUT2D eigenvalue weighted by molar-refractivity contribution is 0.0214. The van der Waals surface area contributed by atoms with E-state index < -0.39 is 15.7 Å². The highest BCUT2D eigenvalue weighted by atomic mass is 32.2. The van der Waals surface area contributed by atoms with Crippen LogP contribution in [-0.4, -0.2) is 56.0 Å². The van der Waals surface area contributed by atoms with Crippen molar-refractivity contribution in [1.82, 2.24) is 4.90 Å². The van der Waals surface area contributed by atoms with Gasteiger partial charge in [-0.3, -0.25) is 0 Å². The molecule has 1 aliphatic carbocycles. The fourth-order valence-corrected chi connectivity index (χ4v) is 5.46. The number of nitrogens with zero attached hydrogens (tertiary/aromatic N) is 2. The predicted molar refractivity (Wildman–Crippen MR) is 131 cm³/mol. The Morgan fingerprint density at radius 2 is 1.97 bits per heavy atom. The first kappa shape index (κ1) is 25.2. The highest BCUT2D eigenvalue weighted by Crippen LogP contribution is 2.43. The first-order chi connectivity index (χ1) is 16.5. The van der Waals surface area contributed by atoms with Crippen LogP contribution in [0.2, 0.25) is 0 Å². The van der Waals surface area contributed by atoms with Crippen molar-refractivity contribution in [3.63, 3.8) is 0 Å². The van der Waals surface area contributed by atoms with Gasteiger partial charge >= 0.3 is 6.09 Å². The predicted octanol–water partition coefficient (Wildman–Crippen LogP) is 4.02. The minimum Gasteiger partial charge on any atom is -0.465 e. The van der Waals surface area contributed by atoms with Gasteiger partial charge in [0.2, 0.25) is 0 Å². The van der Waals surface area contributed by atoms with E-state index in [9.17, 15) is 17.6 Å². The number of nitrogens with two attached hydrogens (primary N) is 1. The lowest BCUT2D eigenvalue weighted by Gasteiger charge is -2.38. The normalized spacial score (nSPS) is 25.8. The van der Waals surface area contributed by atoms with E-state index in [2.05, 4.69) is 11.6 Å². The number of fused-ring (bicyclic) bond motifs is 2. The van der Waals surface area contributed by atoms with Gasteiger partial charge in [-0.15, -0.1) is 0 Å². The van der Waals surface area contributed by atoms with Crippen molar-refractivity contribution in [3.05, 3.63) is 48.4 Å². The molecule has 2 saturated heterocycles. The number of amides is 1. The fourth-order valence-electron chi connectivity index (χ4n) is 4.83. The number of carbonyl (C=O) groups excluding carboxylic acids is 1. The molecule has 190 valence electrons. The number of sulfone groups is 1. The van der Waals surface area contributed by atoms with Crippen LogP contribution in [0.4, 0.5) is 9.18 Å². The molecule has 2 atom stereocenters. The number of aliphatic imine (C=N–C) groups is 1. The van der Waals surface area contributed by atoms with Gasteiger partial charge in [-0.05, 0) is 63.5 Å². The van der Waals surface area contributed by atoms with Crippen molar-refractivity contribution in [2.75, 3.05) is 12.9 Å². The summed E-state index contributed by atoms with van der Waals surface area (Å²) in [4.78, 5) is 18.5. The quantitative estimate of drug-likeness (QED) is 0.340. The van der Waals surface area contributed by atoms with Crippen molar-refractivity contribution >= 4 is 27.5 Å². The number of allylic oxidation sites excluding steroid dienone is 2. The maximum Gasteiger partial charge on any atom is 0.410 e. The summed E-state index contributed by atoms with van der Waals surface area (Å²) in [7, 11) is -3.52. The highest BCUT2D eigenvalue weighted by Gasteiger charge is 2.48. The van der Waals surface area contributed by atoms with Crippen molar-refractivity contribution in [1.29, 1.82) is 0 Å². The zero-order chi connectivity index (χ0) is 25.4. The molecule has 1 amide bonds. The third-order valence-electron chi connectivity index (χ3n) is 7.03. The van der Waals surface area contributed by atoms with Crippen molar-refractivity contribution < 1.29 is 27.1 Å². The van der Waals surface area contributed by atoms with E-state index in [1.807, 2.05) is 11.8 Å². The molecule has 10 heteroatoms. The van der Waals surface area contributed by atoms with Crippen molar-refractivity contribution in [3.8, 4) is 0 Å². The number of amidine groups is 1. The smallest absolute Gasteiger partial charge is 0.410 e. The first-order valence-corrected chi connectivity index (χ1v) is 13.7. The molecule has 2 heterocycles. The number of hydrogen-bond acceptors (Lipinski definition) is 6.